The molecule has 4 atom stereocenters. The van der Waals surface area contributed by atoms with Gasteiger partial charge in [0.05, 0.1) is 0 Å². The van der Waals surface area contributed by atoms with E-state index in [1.54, 1.807) is 97.1 Å². The number of aliphatic hydroxyl groups is 2. The number of ketones is 1. The van der Waals surface area contributed by atoms with Gasteiger partial charge < -0.3 is 29.9 Å². The second-order valence-electron chi connectivity index (χ2n) is 15.1. The molecule has 0 aliphatic heterocycles. The number of carbonyl (C=O) groups excluding carboxylic acids is 1. The molecule has 64 heavy (non-hydrogen) atoms. The Morgan fingerprint density at radius 2 is 0.984 bits per heavy atom. The van der Waals surface area contributed by atoms with E-state index in [2.05, 4.69) is 41.2 Å². The summed E-state index contributed by atoms with van der Waals surface area (Å²) in [6.07, 6.45) is -1.89. The normalized spacial score (nSPS) is 13.2. The number of halogens is 2. The first-order valence-corrected chi connectivity index (χ1v) is 20.0. The van der Waals surface area contributed by atoms with Crippen LogP contribution < -0.4 is 9.47 Å². The van der Waals surface area contributed by atoms with Gasteiger partial charge in [0, 0.05) is 34.1 Å². The van der Waals surface area contributed by atoms with Crippen LogP contribution in [0, 0.1) is 11.6 Å². The number of benzene rings is 6. The number of aromatic hydroxyl groups is 2. The van der Waals surface area contributed by atoms with Crippen molar-refractivity contribution in [2.24, 2.45) is 0 Å². The summed E-state index contributed by atoms with van der Waals surface area (Å²) in [5.74, 6) is -6.00. The van der Waals surface area contributed by atoms with Crippen LogP contribution in [0.25, 0.3) is 22.8 Å². The van der Waals surface area contributed by atoms with Crippen molar-refractivity contribution in [2.75, 3.05) is 0 Å². The summed E-state index contributed by atoms with van der Waals surface area (Å²) in [6, 6.07) is 33.4. The van der Waals surface area contributed by atoms with Crippen LogP contribution in [0.15, 0.2) is 121 Å². The van der Waals surface area contributed by atoms with Crippen molar-refractivity contribution in [3.05, 3.63) is 177 Å². The molecule has 0 bridgehead atoms. The molecule has 2 aromatic heterocycles. The number of aliphatic hydroxyl groups excluding tert-OH is 2. The Morgan fingerprint density at radius 3 is 1.36 bits per heavy atom. The van der Waals surface area contributed by atoms with E-state index in [0.717, 1.165) is 0 Å². The molecule has 4 unspecified atom stereocenters. The van der Waals surface area contributed by atoms with Gasteiger partial charge in [0.25, 0.3) is 0 Å². The lowest BCUT2D eigenvalue weighted by Crippen LogP contribution is -2.17. The number of ether oxygens (including phenoxy) is 2. The van der Waals surface area contributed by atoms with Crippen molar-refractivity contribution in [3.63, 3.8) is 0 Å². The van der Waals surface area contributed by atoms with Crippen LogP contribution in [-0.4, -0.2) is 67.5 Å². The van der Waals surface area contributed by atoms with E-state index in [1.807, 2.05) is 0 Å². The van der Waals surface area contributed by atoms with E-state index in [1.165, 1.54) is 38.1 Å². The van der Waals surface area contributed by atoms with Crippen molar-refractivity contribution in [1.82, 2.24) is 41.2 Å². The predicted octanol–water partition coefficient (Wildman–Crippen LogP) is 7.53. The van der Waals surface area contributed by atoms with Crippen molar-refractivity contribution >= 4 is 5.78 Å². The monoisotopic (exact) mass is 866 g/mol. The van der Waals surface area contributed by atoms with Crippen LogP contribution in [0.3, 0.4) is 0 Å². The largest absolute Gasteiger partial charge is 0.505 e. The zero-order chi connectivity index (χ0) is 44.9. The van der Waals surface area contributed by atoms with Gasteiger partial charge in [-0.1, -0.05) is 111 Å². The maximum atomic E-state index is 15.5. The van der Waals surface area contributed by atoms with E-state index >= 15 is 8.78 Å². The summed E-state index contributed by atoms with van der Waals surface area (Å²) in [5, 5.41) is 71.6. The number of tetrazole rings is 2. The number of phenols is 2. The SMILES string of the molecule is CC(C(=O)C(C)c1ccc(OCc2ccc(C(O)c3cccc(-c4nn[nH]n4)c3)cc2)c(F)c1O)c1ccc(OCc2ccc(C(O)c3cccc(-c4nn[nH]n4)c3)cc2)c(F)c1O. The molecule has 0 amide bonds. The molecule has 2 heterocycles. The van der Waals surface area contributed by atoms with Gasteiger partial charge in [-0.05, 0) is 68.1 Å². The Bertz CT molecular complexity index is 2690. The number of H-pyrrole nitrogens is 2. The third-order valence-corrected chi connectivity index (χ3v) is 11.0. The van der Waals surface area contributed by atoms with Crippen LogP contribution >= 0.6 is 0 Å². The van der Waals surface area contributed by atoms with Gasteiger partial charge in [0.15, 0.2) is 23.0 Å². The average Bonchev–Trinajstić information content (AvgIpc) is 4.09. The van der Waals surface area contributed by atoms with Gasteiger partial charge in [0.2, 0.25) is 23.3 Å². The molecule has 8 rings (SSSR count). The fourth-order valence-electron chi connectivity index (χ4n) is 7.29. The van der Waals surface area contributed by atoms with Gasteiger partial charge in [-0.15, -0.1) is 20.4 Å². The lowest BCUT2D eigenvalue weighted by Gasteiger charge is -2.20. The first-order valence-electron chi connectivity index (χ1n) is 20.0. The van der Waals surface area contributed by atoms with Gasteiger partial charge in [-0.2, -0.15) is 19.2 Å². The van der Waals surface area contributed by atoms with Crippen LogP contribution in [0.4, 0.5) is 8.78 Å². The number of Topliss-reactive ketones (excluding diaryl/α,β-unsaturated/α-hetero) is 1. The highest BCUT2D eigenvalue weighted by atomic mass is 19.1. The molecule has 324 valence electrons. The molecule has 8 aromatic rings. The molecular formula is C47H40F2N8O7. The van der Waals surface area contributed by atoms with Gasteiger partial charge >= 0.3 is 0 Å². The molecule has 6 aromatic carbocycles. The summed E-state index contributed by atoms with van der Waals surface area (Å²) >= 11 is 0. The quantitative estimate of drug-likeness (QED) is 0.0553. The van der Waals surface area contributed by atoms with E-state index in [9.17, 15) is 25.2 Å². The highest BCUT2D eigenvalue weighted by Gasteiger charge is 2.30. The van der Waals surface area contributed by atoms with Crippen molar-refractivity contribution in [2.45, 2.75) is 51.1 Å². The van der Waals surface area contributed by atoms with Gasteiger partial charge in [-0.25, -0.2) is 0 Å². The number of aromatic nitrogens is 8. The minimum absolute atomic E-state index is 0.0146. The number of nitrogens with one attached hydrogen (secondary N) is 2. The molecule has 6 N–H and O–H groups in total. The first kappa shape index (κ1) is 42.8. The topological polar surface area (TPSA) is 225 Å². The van der Waals surface area contributed by atoms with E-state index in [4.69, 9.17) is 9.47 Å². The molecule has 0 aliphatic carbocycles. The van der Waals surface area contributed by atoms with E-state index in [0.29, 0.717) is 56.2 Å². The maximum Gasteiger partial charge on any atom is 0.206 e. The molecule has 0 radical (unpaired) electrons. The molecule has 0 saturated carbocycles. The van der Waals surface area contributed by atoms with Crippen LogP contribution in [0.5, 0.6) is 23.0 Å². The molecule has 0 saturated heterocycles. The summed E-state index contributed by atoms with van der Waals surface area (Å²) in [6.45, 7) is 2.83. The fourth-order valence-corrected chi connectivity index (χ4v) is 7.29. The summed E-state index contributed by atoms with van der Waals surface area (Å²) in [7, 11) is 0. The van der Waals surface area contributed by atoms with Crippen molar-refractivity contribution in [3.8, 4) is 45.8 Å². The molecule has 0 fully saturated rings. The Hall–Kier alpha value is -7.89. The molecule has 0 spiro atoms. The van der Waals surface area contributed by atoms with Crippen molar-refractivity contribution < 1.29 is 43.5 Å². The maximum absolute atomic E-state index is 15.5. The molecule has 0 aliphatic rings. The molecular weight excluding hydrogens is 827 g/mol. The van der Waals surface area contributed by atoms with Crippen LogP contribution in [-0.2, 0) is 18.0 Å². The number of aromatic amines is 2. The highest BCUT2D eigenvalue weighted by molar-refractivity contribution is 5.92. The average molecular weight is 867 g/mol. The Morgan fingerprint density at radius 1 is 0.578 bits per heavy atom. The summed E-state index contributed by atoms with van der Waals surface area (Å²) < 4.78 is 42.3. The summed E-state index contributed by atoms with van der Waals surface area (Å²) in [5.41, 5.74) is 5.11. The predicted molar refractivity (Wildman–Crippen MR) is 227 cm³/mol. The lowest BCUT2D eigenvalue weighted by atomic mass is 9.85. The molecule has 17 heteroatoms. The van der Waals surface area contributed by atoms with Crippen molar-refractivity contribution in [1.29, 1.82) is 0 Å². The minimum atomic E-state index is -1.06. The van der Waals surface area contributed by atoms with Crippen LogP contribution in [0.1, 0.15) is 82.4 Å². The third kappa shape index (κ3) is 9.02. The smallest absolute Gasteiger partial charge is 0.206 e. The Kier molecular flexibility index (Phi) is 12.4. The number of nitrogens with zero attached hydrogens (tertiary/aromatic N) is 6. The van der Waals surface area contributed by atoms with E-state index < -0.39 is 53.0 Å². The van der Waals surface area contributed by atoms with E-state index in [-0.39, 0.29) is 35.8 Å². The lowest BCUT2D eigenvalue weighted by molar-refractivity contribution is -0.121. The number of rotatable bonds is 16. The first-order chi connectivity index (χ1) is 31.0. The standard InChI is InChI=1S/C47H40F2N8O7/c1-25(35-17-19-37(39(48)44(35)61)63-23-27-9-13-29(14-10-27)42(59)31-5-3-7-33(21-31)46-50-54-55-51-46)41(58)26(2)36-18-20-38(40(49)45(36)62)64-24-28-11-15-30(16-12-28)43(60)32-6-4-8-34(22-32)47-52-56-57-53-47/h3-22,25-26,42-43,59-62H,23-24H2,1-2H3,(H,50,51,54,55)(H,52,53,56,57). The third-order valence-electron chi connectivity index (χ3n) is 11.0. The highest BCUT2D eigenvalue weighted by Crippen LogP contribution is 2.40. The Labute approximate surface area is 364 Å². The zero-order valence-electron chi connectivity index (χ0n) is 34.2. The number of carbonyl (C=O) groups is 1. The second-order valence-corrected chi connectivity index (χ2v) is 15.1. The molecule has 15 nitrogen and oxygen atoms in total. The Balaban J connectivity index is 0.861. The summed E-state index contributed by atoms with van der Waals surface area (Å²) in [4.78, 5) is 13.7. The van der Waals surface area contributed by atoms with Crippen LogP contribution in [0.2, 0.25) is 0 Å². The van der Waals surface area contributed by atoms with Gasteiger partial charge in [0.1, 0.15) is 31.2 Å². The minimum Gasteiger partial charge on any atom is -0.505 e. The zero-order valence-corrected chi connectivity index (χ0v) is 34.2. The number of hydrogen-bond acceptors (Lipinski definition) is 13. The number of phenolic OH excluding ortho intramolecular Hbond substituents is 2. The second kappa shape index (κ2) is 18.6. The fraction of sp³-hybridized carbons (Fsp3) is 0.170. The number of hydrogen-bond donors (Lipinski definition) is 6. The van der Waals surface area contributed by atoms with Gasteiger partial charge in [-0.3, -0.25) is 4.79 Å².